The minimum atomic E-state index is -0.383. The maximum absolute atomic E-state index is 10.4. The predicted molar refractivity (Wildman–Crippen MR) is 100 cm³/mol. The summed E-state index contributed by atoms with van der Waals surface area (Å²) in [5, 5.41) is 29.0. The molecule has 0 aliphatic heterocycles. The maximum Gasteiger partial charge on any atom is 0.160 e. The number of aromatic hydroxyl groups is 2. The number of benzene rings is 1. The lowest BCUT2D eigenvalue weighted by atomic mass is 9.95. The number of aryl methyl sites for hydroxylation is 1. The van der Waals surface area contributed by atoms with Gasteiger partial charge in [0.1, 0.15) is 17.6 Å². The highest BCUT2D eigenvalue weighted by Gasteiger charge is 2.23. The Kier molecular flexibility index (Phi) is 4.21. The molecule has 27 heavy (non-hydrogen) atoms. The van der Waals surface area contributed by atoms with E-state index >= 15 is 0 Å². The first kappa shape index (κ1) is 17.0. The van der Waals surface area contributed by atoms with Crippen molar-refractivity contribution in [3.63, 3.8) is 0 Å². The van der Waals surface area contributed by atoms with E-state index in [-0.39, 0.29) is 17.6 Å². The molecule has 0 saturated carbocycles. The van der Waals surface area contributed by atoms with Crippen LogP contribution in [-0.4, -0.2) is 37.5 Å². The molecule has 0 bridgehead atoms. The van der Waals surface area contributed by atoms with Crippen LogP contribution in [0.5, 0.6) is 11.5 Å². The summed E-state index contributed by atoms with van der Waals surface area (Å²) in [7, 11) is 1.62. The summed E-state index contributed by atoms with van der Waals surface area (Å²) in [6.45, 7) is 1.88. The van der Waals surface area contributed by atoms with Crippen molar-refractivity contribution in [1.82, 2.24) is 20.2 Å². The number of hydrogen-bond donors (Lipinski definition) is 3. The molecule has 0 saturated heterocycles. The van der Waals surface area contributed by atoms with Gasteiger partial charge < -0.3 is 19.9 Å². The zero-order valence-corrected chi connectivity index (χ0v) is 14.8. The Morgan fingerprint density at radius 2 is 1.85 bits per heavy atom. The number of aromatic amines is 1. The summed E-state index contributed by atoms with van der Waals surface area (Å²) in [5.41, 5.74) is 4.57. The Hall–Kier alpha value is -3.45. The number of phenols is 1. The van der Waals surface area contributed by atoms with Gasteiger partial charge in [0, 0.05) is 41.6 Å². The average molecular weight is 362 g/mol. The van der Waals surface area contributed by atoms with E-state index in [1.165, 1.54) is 6.20 Å². The number of rotatable bonds is 4. The van der Waals surface area contributed by atoms with Crippen LogP contribution in [0.1, 0.15) is 22.8 Å². The van der Waals surface area contributed by atoms with Crippen molar-refractivity contribution in [3.8, 4) is 22.6 Å². The van der Waals surface area contributed by atoms with Gasteiger partial charge in [0.05, 0.1) is 12.4 Å². The molecule has 3 N–H and O–H groups in total. The van der Waals surface area contributed by atoms with Gasteiger partial charge in [-0.15, -0.1) is 5.10 Å². The molecule has 136 valence electrons. The highest BCUT2D eigenvalue weighted by atomic mass is 16.5. The molecule has 7 nitrogen and oxygen atoms in total. The monoisotopic (exact) mass is 362 g/mol. The number of ether oxygens (including phenoxy) is 1. The molecule has 0 aliphatic carbocycles. The van der Waals surface area contributed by atoms with Gasteiger partial charge in [-0.2, -0.15) is 5.10 Å². The number of aromatic nitrogens is 4. The van der Waals surface area contributed by atoms with Crippen LogP contribution in [0.3, 0.4) is 0 Å². The van der Waals surface area contributed by atoms with Gasteiger partial charge >= 0.3 is 0 Å². The molecule has 0 fully saturated rings. The Morgan fingerprint density at radius 1 is 1.07 bits per heavy atom. The third-order valence-corrected chi connectivity index (χ3v) is 4.60. The van der Waals surface area contributed by atoms with E-state index in [0.29, 0.717) is 11.2 Å². The van der Waals surface area contributed by atoms with Crippen LogP contribution in [-0.2, 0) is 4.74 Å². The SMILES string of the molecule is COC(c1ccc(O)cc1)c1c[nH]c2nncc(-c3c(C)cncc3O)c12. The molecule has 0 amide bonds. The van der Waals surface area contributed by atoms with Gasteiger partial charge in [0.2, 0.25) is 0 Å². The smallest absolute Gasteiger partial charge is 0.160 e. The molecule has 4 aromatic rings. The topological polar surface area (TPSA) is 104 Å². The second-order valence-electron chi connectivity index (χ2n) is 6.28. The fraction of sp³-hybridized carbons (Fsp3) is 0.150. The third-order valence-electron chi connectivity index (χ3n) is 4.60. The molecule has 0 aliphatic rings. The minimum Gasteiger partial charge on any atom is -0.508 e. The van der Waals surface area contributed by atoms with Crippen molar-refractivity contribution in [2.45, 2.75) is 13.0 Å². The number of nitrogens with one attached hydrogen (secondary N) is 1. The Morgan fingerprint density at radius 3 is 2.56 bits per heavy atom. The number of H-pyrrole nitrogens is 1. The van der Waals surface area contributed by atoms with Crippen molar-refractivity contribution in [2.75, 3.05) is 7.11 Å². The van der Waals surface area contributed by atoms with Gasteiger partial charge in [-0.05, 0) is 30.2 Å². The second kappa shape index (κ2) is 6.69. The van der Waals surface area contributed by atoms with Crippen LogP contribution in [0, 0.1) is 6.92 Å². The van der Waals surface area contributed by atoms with E-state index in [1.807, 2.05) is 25.3 Å². The van der Waals surface area contributed by atoms with E-state index in [9.17, 15) is 10.2 Å². The largest absolute Gasteiger partial charge is 0.508 e. The van der Waals surface area contributed by atoms with Crippen molar-refractivity contribution < 1.29 is 14.9 Å². The molecule has 0 radical (unpaired) electrons. The quantitative estimate of drug-likeness (QED) is 0.513. The van der Waals surface area contributed by atoms with Crippen LogP contribution in [0.15, 0.2) is 49.1 Å². The summed E-state index contributed by atoms with van der Waals surface area (Å²) < 4.78 is 5.76. The summed E-state index contributed by atoms with van der Waals surface area (Å²) >= 11 is 0. The average Bonchev–Trinajstić information content (AvgIpc) is 3.09. The van der Waals surface area contributed by atoms with E-state index in [1.54, 1.807) is 31.6 Å². The Bertz CT molecular complexity index is 1090. The predicted octanol–water partition coefficient (Wildman–Crippen LogP) is 3.48. The molecule has 1 aromatic carbocycles. The first-order valence-corrected chi connectivity index (χ1v) is 8.38. The van der Waals surface area contributed by atoms with Crippen molar-refractivity contribution >= 4 is 11.0 Å². The Balaban J connectivity index is 1.96. The lowest BCUT2D eigenvalue weighted by Crippen LogP contribution is -2.03. The Labute approximate surface area is 155 Å². The first-order valence-electron chi connectivity index (χ1n) is 8.38. The van der Waals surface area contributed by atoms with Gasteiger partial charge in [-0.25, -0.2) is 0 Å². The highest BCUT2D eigenvalue weighted by molar-refractivity contribution is 5.97. The summed E-state index contributed by atoms with van der Waals surface area (Å²) in [5.74, 6) is 0.270. The van der Waals surface area contributed by atoms with E-state index in [2.05, 4.69) is 20.2 Å². The molecule has 4 rings (SSSR count). The molecule has 3 heterocycles. The lowest BCUT2D eigenvalue weighted by molar-refractivity contribution is 0.137. The van der Waals surface area contributed by atoms with Gasteiger partial charge in [0.25, 0.3) is 0 Å². The normalized spacial score (nSPS) is 12.4. The summed E-state index contributed by atoms with van der Waals surface area (Å²) in [6, 6.07) is 6.86. The van der Waals surface area contributed by atoms with Crippen molar-refractivity contribution in [1.29, 1.82) is 0 Å². The fourth-order valence-electron chi connectivity index (χ4n) is 3.39. The molecule has 1 unspecified atom stereocenters. The van der Waals surface area contributed by atoms with Crippen LogP contribution < -0.4 is 0 Å². The lowest BCUT2D eigenvalue weighted by Gasteiger charge is -2.17. The highest BCUT2D eigenvalue weighted by Crippen LogP contribution is 2.40. The zero-order valence-electron chi connectivity index (χ0n) is 14.8. The minimum absolute atomic E-state index is 0.0788. The van der Waals surface area contributed by atoms with Gasteiger partial charge in [0.15, 0.2) is 5.65 Å². The van der Waals surface area contributed by atoms with Crippen LogP contribution in [0.25, 0.3) is 22.2 Å². The molecule has 7 heteroatoms. The van der Waals surface area contributed by atoms with Crippen molar-refractivity contribution in [2.24, 2.45) is 0 Å². The van der Waals surface area contributed by atoms with Crippen LogP contribution in [0.2, 0.25) is 0 Å². The number of hydrogen-bond acceptors (Lipinski definition) is 6. The van der Waals surface area contributed by atoms with E-state index in [0.717, 1.165) is 27.6 Å². The van der Waals surface area contributed by atoms with Gasteiger partial charge in [-0.3, -0.25) is 4.98 Å². The van der Waals surface area contributed by atoms with Gasteiger partial charge in [-0.1, -0.05) is 12.1 Å². The number of phenolic OH excluding ortho intramolecular Hbond substituents is 1. The number of nitrogens with zero attached hydrogens (tertiary/aromatic N) is 3. The van der Waals surface area contributed by atoms with Crippen molar-refractivity contribution in [3.05, 3.63) is 65.7 Å². The number of fused-ring (bicyclic) bond motifs is 1. The van der Waals surface area contributed by atoms with E-state index in [4.69, 9.17) is 4.74 Å². The third kappa shape index (κ3) is 2.88. The summed E-state index contributed by atoms with van der Waals surface area (Å²) in [6.07, 6.45) is 6.19. The van der Waals surface area contributed by atoms with E-state index < -0.39 is 0 Å². The zero-order chi connectivity index (χ0) is 19.0. The second-order valence-corrected chi connectivity index (χ2v) is 6.28. The molecule has 1 atom stereocenters. The van der Waals surface area contributed by atoms with Crippen LogP contribution >= 0.6 is 0 Å². The molecular weight excluding hydrogens is 344 g/mol. The number of methoxy groups -OCH3 is 1. The molecule has 0 spiro atoms. The maximum atomic E-state index is 10.4. The number of pyridine rings is 1. The van der Waals surface area contributed by atoms with Crippen LogP contribution in [0.4, 0.5) is 0 Å². The first-order chi connectivity index (χ1) is 13.1. The summed E-state index contributed by atoms with van der Waals surface area (Å²) in [4.78, 5) is 7.16. The standard InChI is InChI=1S/C20H18N4O3/c1-11-7-21-10-16(26)17(11)14-9-23-24-20-18(14)15(8-22-20)19(27-2)12-3-5-13(25)6-4-12/h3-10,19,25-26H,1-2H3,(H,22,24). The fourth-order valence-corrected chi connectivity index (χ4v) is 3.39. The molecule has 3 aromatic heterocycles. The molecular formula is C20H18N4O3.